The second kappa shape index (κ2) is 6.04. The van der Waals surface area contributed by atoms with E-state index in [2.05, 4.69) is 5.32 Å². The highest BCUT2D eigenvalue weighted by Gasteiger charge is 2.18. The number of nitrogens with one attached hydrogen (secondary N) is 1. The summed E-state index contributed by atoms with van der Waals surface area (Å²) in [5.41, 5.74) is 0.768. The molecule has 1 fully saturated rings. The minimum atomic E-state index is -0.404. The lowest BCUT2D eigenvalue weighted by molar-refractivity contribution is 0.0939. The Hall–Kier alpha value is -1.58. The molecule has 0 saturated heterocycles. The van der Waals surface area contributed by atoms with Gasteiger partial charge in [0.2, 0.25) is 0 Å². The fraction of sp³-hybridized carbons (Fsp3) is 0.600. The van der Waals surface area contributed by atoms with E-state index in [1.807, 2.05) is 0 Å². The average molecular weight is 263 g/mol. The number of rotatable bonds is 3. The van der Waals surface area contributed by atoms with Gasteiger partial charge in [0.05, 0.1) is 5.56 Å². The zero-order chi connectivity index (χ0) is 13.8. The van der Waals surface area contributed by atoms with Crippen LogP contribution in [0.25, 0.3) is 0 Å². The Kier molecular flexibility index (Phi) is 4.40. The molecule has 0 atom stereocenters. The molecule has 104 valence electrons. The number of amides is 1. The molecule has 1 amide bonds. The molecular weight excluding hydrogens is 242 g/mol. The lowest BCUT2D eigenvalue weighted by Gasteiger charge is -2.22. The van der Waals surface area contributed by atoms with Gasteiger partial charge in [0.1, 0.15) is 5.76 Å². The number of carbonyl (C=O) groups excluding carboxylic acids is 1. The summed E-state index contributed by atoms with van der Waals surface area (Å²) < 4.78 is 4.99. The maximum absolute atomic E-state index is 12.2. The van der Waals surface area contributed by atoms with E-state index in [1.54, 1.807) is 13.8 Å². The van der Waals surface area contributed by atoms with Crippen molar-refractivity contribution in [3.8, 4) is 0 Å². The van der Waals surface area contributed by atoms with Crippen LogP contribution < -0.4 is 10.9 Å². The average Bonchev–Trinajstić information content (AvgIpc) is 2.36. The van der Waals surface area contributed by atoms with Gasteiger partial charge in [-0.2, -0.15) is 0 Å². The third-order valence-electron chi connectivity index (χ3n) is 3.84. The van der Waals surface area contributed by atoms with E-state index in [0.29, 0.717) is 22.8 Å². The number of carbonyl (C=O) groups is 1. The smallest absolute Gasteiger partial charge is 0.336 e. The first-order chi connectivity index (χ1) is 9.08. The van der Waals surface area contributed by atoms with Crippen LogP contribution in [0, 0.1) is 19.8 Å². The molecule has 19 heavy (non-hydrogen) atoms. The first-order valence-corrected chi connectivity index (χ1v) is 6.97. The topological polar surface area (TPSA) is 59.3 Å². The molecule has 0 aliphatic heterocycles. The maximum Gasteiger partial charge on any atom is 0.336 e. The lowest BCUT2D eigenvalue weighted by atomic mass is 9.89. The minimum absolute atomic E-state index is 0.135. The highest BCUT2D eigenvalue weighted by atomic mass is 16.4. The van der Waals surface area contributed by atoms with Gasteiger partial charge in [0, 0.05) is 12.6 Å². The van der Waals surface area contributed by atoms with Gasteiger partial charge in [0.15, 0.2) is 0 Å². The molecule has 1 heterocycles. The summed E-state index contributed by atoms with van der Waals surface area (Å²) in [6, 6.07) is 1.36. The van der Waals surface area contributed by atoms with Gasteiger partial charge in [-0.15, -0.1) is 0 Å². The van der Waals surface area contributed by atoms with E-state index in [-0.39, 0.29) is 5.91 Å². The Balaban J connectivity index is 2.01. The van der Waals surface area contributed by atoms with Crippen molar-refractivity contribution in [2.75, 3.05) is 6.54 Å². The Morgan fingerprint density at radius 2 is 2.00 bits per heavy atom. The van der Waals surface area contributed by atoms with Gasteiger partial charge in [-0.25, -0.2) is 4.79 Å². The summed E-state index contributed by atoms with van der Waals surface area (Å²) in [6.07, 6.45) is 6.23. The van der Waals surface area contributed by atoms with Crippen molar-refractivity contribution in [1.29, 1.82) is 0 Å². The summed E-state index contributed by atoms with van der Waals surface area (Å²) in [5.74, 6) is 0.851. The van der Waals surface area contributed by atoms with Crippen molar-refractivity contribution in [2.45, 2.75) is 46.0 Å². The Morgan fingerprint density at radius 3 is 2.63 bits per heavy atom. The summed E-state index contributed by atoms with van der Waals surface area (Å²) >= 11 is 0. The molecule has 1 aromatic heterocycles. The third-order valence-corrected chi connectivity index (χ3v) is 3.84. The highest BCUT2D eigenvalue weighted by molar-refractivity contribution is 5.96. The Morgan fingerprint density at radius 1 is 1.32 bits per heavy atom. The second-order valence-corrected chi connectivity index (χ2v) is 5.39. The summed E-state index contributed by atoms with van der Waals surface area (Å²) in [6.45, 7) is 4.14. The van der Waals surface area contributed by atoms with Gasteiger partial charge in [0.25, 0.3) is 5.91 Å². The zero-order valence-corrected chi connectivity index (χ0v) is 11.6. The molecule has 0 aromatic carbocycles. The van der Waals surface area contributed by atoms with Crippen molar-refractivity contribution < 1.29 is 9.21 Å². The number of hydrogen-bond donors (Lipinski definition) is 1. The van der Waals surface area contributed by atoms with Crippen molar-refractivity contribution in [2.24, 2.45) is 5.92 Å². The van der Waals surface area contributed by atoms with Crippen LogP contribution in [0.15, 0.2) is 15.3 Å². The molecule has 1 aromatic rings. The van der Waals surface area contributed by atoms with Crippen LogP contribution in [0.1, 0.15) is 53.8 Å². The van der Waals surface area contributed by atoms with Gasteiger partial charge >= 0.3 is 5.63 Å². The van der Waals surface area contributed by atoms with Crippen LogP contribution in [0.4, 0.5) is 0 Å². The SMILES string of the molecule is Cc1cc(=O)oc(C)c1C(=O)NCC1CCCCC1. The number of hydrogen-bond acceptors (Lipinski definition) is 3. The lowest BCUT2D eigenvalue weighted by Crippen LogP contribution is -2.31. The Bertz CT molecular complexity index is 486. The van der Waals surface area contributed by atoms with Gasteiger partial charge < -0.3 is 9.73 Å². The van der Waals surface area contributed by atoms with E-state index in [0.717, 1.165) is 6.54 Å². The molecule has 0 radical (unpaired) electrons. The maximum atomic E-state index is 12.2. The molecule has 4 heteroatoms. The molecule has 2 rings (SSSR count). The van der Waals surface area contributed by atoms with Crippen LogP contribution in [-0.2, 0) is 0 Å². The fourth-order valence-electron chi connectivity index (χ4n) is 2.81. The summed E-state index contributed by atoms with van der Waals surface area (Å²) in [4.78, 5) is 23.4. The van der Waals surface area contributed by atoms with E-state index >= 15 is 0 Å². The zero-order valence-electron chi connectivity index (χ0n) is 11.6. The summed E-state index contributed by atoms with van der Waals surface area (Å²) in [5, 5.41) is 2.97. The van der Waals surface area contributed by atoms with Crippen LogP contribution in [0.3, 0.4) is 0 Å². The Labute approximate surface area is 113 Å². The molecule has 1 saturated carbocycles. The largest absolute Gasteiger partial charge is 0.427 e. The van der Waals surface area contributed by atoms with Crippen molar-refractivity contribution in [3.63, 3.8) is 0 Å². The first kappa shape index (κ1) is 13.8. The molecule has 0 unspecified atom stereocenters. The molecule has 4 nitrogen and oxygen atoms in total. The molecule has 1 aliphatic carbocycles. The third kappa shape index (κ3) is 3.46. The van der Waals surface area contributed by atoms with Crippen molar-refractivity contribution >= 4 is 5.91 Å². The van der Waals surface area contributed by atoms with Crippen LogP contribution in [0.2, 0.25) is 0 Å². The van der Waals surface area contributed by atoms with Gasteiger partial charge in [-0.1, -0.05) is 19.3 Å². The fourth-order valence-corrected chi connectivity index (χ4v) is 2.81. The first-order valence-electron chi connectivity index (χ1n) is 6.97. The molecule has 0 bridgehead atoms. The predicted molar refractivity (Wildman–Crippen MR) is 73.4 cm³/mol. The van der Waals surface area contributed by atoms with Crippen molar-refractivity contribution in [3.05, 3.63) is 33.4 Å². The second-order valence-electron chi connectivity index (χ2n) is 5.39. The van der Waals surface area contributed by atoms with Crippen LogP contribution in [0.5, 0.6) is 0 Å². The van der Waals surface area contributed by atoms with E-state index in [1.165, 1.54) is 38.2 Å². The normalized spacial score (nSPS) is 16.3. The van der Waals surface area contributed by atoms with Crippen molar-refractivity contribution in [1.82, 2.24) is 5.32 Å². The van der Waals surface area contributed by atoms with E-state index in [4.69, 9.17) is 4.42 Å². The molecule has 0 spiro atoms. The minimum Gasteiger partial charge on any atom is -0.427 e. The predicted octanol–water partition coefficient (Wildman–Crippen LogP) is 2.57. The van der Waals surface area contributed by atoms with Gasteiger partial charge in [-0.05, 0) is 38.2 Å². The van der Waals surface area contributed by atoms with Crippen LogP contribution in [-0.4, -0.2) is 12.5 Å². The molecule has 1 N–H and O–H groups in total. The highest BCUT2D eigenvalue weighted by Crippen LogP contribution is 2.23. The van der Waals surface area contributed by atoms with E-state index in [9.17, 15) is 9.59 Å². The standard InChI is InChI=1S/C15H21NO3/c1-10-8-13(17)19-11(2)14(10)15(18)16-9-12-6-4-3-5-7-12/h8,12H,3-7,9H2,1-2H3,(H,16,18). The quantitative estimate of drug-likeness (QED) is 0.911. The molecule has 1 aliphatic rings. The van der Waals surface area contributed by atoms with E-state index < -0.39 is 5.63 Å². The summed E-state index contributed by atoms with van der Waals surface area (Å²) in [7, 11) is 0. The number of aryl methyl sites for hydroxylation is 2. The molecular formula is C15H21NO3. The monoisotopic (exact) mass is 263 g/mol. The van der Waals surface area contributed by atoms with Gasteiger partial charge in [-0.3, -0.25) is 4.79 Å². The van der Waals surface area contributed by atoms with Crippen LogP contribution >= 0.6 is 0 Å².